The Bertz CT molecular complexity index is 991. The number of para-hydroxylation sites is 2. The number of anilines is 2. The molecule has 2 atom stereocenters. The number of nitrogens with one attached hydrogen (secondary N) is 1. The summed E-state index contributed by atoms with van der Waals surface area (Å²) >= 11 is 0. The molecule has 0 aromatic heterocycles. The van der Waals surface area contributed by atoms with E-state index >= 15 is 0 Å². The van der Waals surface area contributed by atoms with Crippen LogP contribution in [0.2, 0.25) is 0 Å². The first-order chi connectivity index (χ1) is 14.5. The van der Waals surface area contributed by atoms with Crippen molar-refractivity contribution >= 4 is 24.0 Å². The molecule has 5 nitrogen and oxygen atoms in total. The maximum absolute atomic E-state index is 14.5. The molecule has 3 aromatic rings. The van der Waals surface area contributed by atoms with E-state index in [4.69, 9.17) is 9.26 Å². The number of rotatable bonds is 9. The maximum atomic E-state index is 14.5. The van der Waals surface area contributed by atoms with Crippen molar-refractivity contribution in [1.82, 2.24) is 0 Å². The van der Waals surface area contributed by atoms with Crippen molar-refractivity contribution in [2.75, 3.05) is 38.0 Å². The Morgan fingerprint density at radius 3 is 2.17 bits per heavy atom. The molecule has 0 saturated carbocycles. The molecular weight excluding hydrogens is 395 g/mol. The number of benzene rings is 3. The zero-order valence-electron chi connectivity index (χ0n) is 17.9. The summed E-state index contributed by atoms with van der Waals surface area (Å²) in [4.78, 5) is 2.01. The molecule has 0 aliphatic heterocycles. The molecule has 0 saturated heterocycles. The summed E-state index contributed by atoms with van der Waals surface area (Å²) in [5.74, 6) is 0.0528. The average molecular weight is 424 g/mol. The van der Waals surface area contributed by atoms with Crippen molar-refractivity contribution in [3.8, 4) is 5.75 Å². The summed E-state index contributed by atoms with van der Waals surface area (Å²) in [5.41, 5.74) is 2.68. The third-order valence-corrected chi connectivity index (χ3v) is 7.64. The number of nitrogens with zero attached hydrogens (tertiary/aromatic N) is 1. The van der Waals surface area contributed by atoms with Gasteiger partial charge in [0.05, 0.1) is 13.7 Å². The van der Waals surface area contributed by atoms with Gasteiger partial charge in [0.1, 0.15) is 11.5 Å². The second kappa shape index (κ2) is 9.84. The highest BCUT2D eigenvalue weighted by molar-refractivity contribution is 7.67. The summed E-state index contributed by atoms with van der Waals surface area (Å²) in [6, 6.07) is 25.1. The molecule has 0 spiro atoms. The van der Waals surface area contributed by atoms with E-state index in [2.05, 4.69) is 5.32 Å². The van der Waals surface area contributed by atoms with Gasteiger partial charge in [-0.1, -0.05) is 36.4 Å². The number of methoxy groups -OCH3 is 1. The quantitative estimate of drug-likeness (QED) is 0.459. The molecule has 0 unspecified atom stereocenters. The van der Waals surface area contributed by atoms with Crippen LogP contribution < -0.4 is 20.3 Å². The molecule has 158 valence electrons. The van der Waals surface area contributed by atoms with E-state index in [-0.39, 0.29) is 0 Å². The predicted octanol–water partition coefficient (Wildman–Crippen LogP) is 5.51. The van der Waals surface area contributed by atoms with Gasteiger partial charge in [0, 0.05) is 36.3 Å². The highest BCUT2D eigenvalue weighted by atomic mass is 31.2. The second-order valence-electron chi connectivity index (χ2n) is 7.08. The van der Waals surface area contributed by atoms with Crippen LogP contribution in [0, 0.1) is 0 Å². The zero-order chi connectivity index (χ0) is 21.6. The minimum atomic E-state index is -3.37. The van der Waals surface area contributed by atoms with Gasteiger partial charge < -0.3 is 19.5 Å². The van der Waals surface area contributed by atoms with Gasteiger partial charge in [0.2, 0.25) is 0 Å². The van der Waals surface area contributed by atoms with Crippen LogP contribution in [0.4, 0.5) is 11.4 Å². The molecule has 0 bridgehead atoms. The fourth-order valence-electron chi connectivity index (χ4n) is 3.38. The molecule has 0 radical (unpaired) electrons. The van der Waals surface area contributed by atoms with Gasteiger partial charge in [-0.3, -0.25) is 4.57 Å². The lowest BCUT2D eigenvalue weighted by molar-refractivity contribution is 0.334. The molecule has 1 N–H and O–H groups in total. The average Bonchev–Trinajstić information content (AvgIpc) is 2.78. The SMILES string of the molecule is CCO[P@](=O)(c1ccc(N(C)C)cc1)[C@H](Nc1ccccc1)c1ccccc1OC. The van der Waals surface area contributed by atoms with Gasteiger partial charge >= 0.3 is 0 Å². The Morgan fingerprint density at radius 1 is 0.933 bits per heavy atom. The third-order valence-electron chi connectivity index (χ3n) is 4.90. The van der Waals surface area contributed by atoms with E-state index in [9.17, 15) is 4.57 Å². The maximum Gasteiger partial charge on any atom is 0.258 e. The van der Waals surface area contributed by atoms with Gasteiger partial charge in [0.25, 0.3) is 7.37 Å². The van der Waals surface area contributed by atoms with E-state index in [1.807, 2.05) is 105 Å². The molecule has 0 aliphatic rings. The lowest BCUT2D eigenvalue weighted by atomic mass is 10.2. The summed E-state index contributed by atoms with van der Waals surface area (Å²) in [6.07, 6.45) is 0. The molecule has 3 aromatic carbocycles. The fourth-order valence-corrected chi connectivity index (χ4v) is 5.82. The van der Waals surface area contributed by atoms with E-state index in [0.717, 1.165) is 16.9 Å². The van der Waals surface area contributed by atoms with Crippen molar-refractivity contribution in [2.24, 2.45) is 0 Å². The molecule has 3 rings (SSSR count). The first-order valence-electron chi connectivity index (χ1n) is 9.96. The van der Waals surface area contributed by atoms with Gasteiger partial charge in [-0.05, 0) is 49.4 Å². The van der Waals surface area contributed by atoms with E-state index in [1.165, 1.54) is 0 Å². The highest BCUT2D eigenvalue weighted by Crippen LogP contribution is 2.60. The normalized spacial score (nSPS) is 13.9. The Morgan fingerprint density at radius 2 is 1.57 bits per heavy atom. The predicted molar refractivity (Wildman–Crippen MR) is 125 cm³/mol. The van der Waals surface area contributed by atoms with Crippen molar-refractivity contribution in [3.05, 3.63) is 84.4 Å². The summed E-state index contributed by atoms with van der Waals surface area (Å²) in [5, 5.41) is 4.11. The molecule has 0 aliphatic carbocycles. The number of hydrogen-bond donors (Lipinski definition) is 1. The van der Waals surface area contributed by atoms with Crippen LogP contribution in [0.5, 0.6) is 5.75 Å². The van der Waals surface area contributed by atoms with Gasteiger partial charge in [-0.25, -0.2) is 0 Å². The summed E-state index contributed by atoms with van der Waals surface area (Å²) < 4.78 is 26.1. The fraction of sp³-hybridized carbons (Fsp3) is 0.250. The van der Waals surface area contributed by atoms with Crippen molar-refractivity contribution in [1.29, 1.82) is 0 Å². The lowest BCUT2D eigenvalue weighted by Gasteiger charge is -2.30. The van der Waals surface area contributed by atoms with Crippen LogP contribution in [-0.2, 0) is 9.09 Å². The molecular formula is C24H29N2O3P. The van der Waals surface area contributed by atoms with E-state index in [1.54, 1.807) is 7.11 Å². The highest BCUT2D eigenvalue weighted by Gasteiger charge is 2.39. The molecule has 0 amide bonds. The minimum Gasteiger partial charge on any atom is -0.496 e. The smallest absolute Gasteiger partial charge is 0.258 e. The third kappa shape index (κ3) is 4.69. The monoisotopic (exact) mass is 424 g/mol. The van der Waals surface area contributed by atoms with Crippen molar-refractivity contribution in [3.63, 3.8) is 0 Å². The van der Waals surface area contributed by atoms with Gasteiger partial charge in [0.15, 0.2) is 0 Å². The molecule has 0 heterocycles. The lowest BCUT2D eigenvalue weighted by Crippen LogP contribution is -2.21. The van der Waals surface area contributed by atoms with Gasteiger partial charge in [-0.2, -0.15) is 0 Å². The second-order valence-corrected chi connectivity index (χ2v) is 9.57. The Balaban J connectivity index is 2.15. The number of ether oxygens (including phenoxy) is 1. The van der Waals surface area contributed by atoms with E-state index < -0.39 is 13.2 Å². The van der Waals surface area contributed by atoms with Crippen LogP contribution in [-0.4, -0.2) is 27.8 Å². The van der Waals surface area contributed by atoms with Crippen LogP contribution in [0.15, 0.2) is 78.9 Å². The van der Waals surface area contributed by atoms with E-state index in [0.29, 0.717) is 17.7 Å². The van der Waals surface area contributed by atoms with Crippen molar-refractivity contribution in [2.45, 2.75) is 12.7 Å². The molecule has 30 heavy (non-hydrogen) atoms. The first-order valence-corrected chi connectivity index (χ1v) is 11.7. The summed E-state index contributed by atoms with van der Waals surface area (Å²) in [7, 11) is 2.21. The molecule has 0 fully saturated rings. The topological polar surface area (TPSA) is 50.8 Å². The Labute approximate surface area is 179 Å². The standard InChI is InChI=1S/C24H29N2O3P/c1-5-29-30(27,21-17-15-20(16-18-21)26(2)3)24(25-19-11-7-6-8-12-19)22-13-9-10-14-23(22)28-4/h6-18,24-25H,5H2,1-4H3/t24-,30+/m0/s1. The van der Waals surface area contributed by atoms with Crippen LogP contribution in [0.25, 0.3) is 0 Å². The first kappa shape index (κ1) is 21.9. The van der Waals surface area contributed by atoms with Gasteiger partial charge in [-0.15, -0.1) is 0 Å². The summed E-state index contributed by atoms with van der Waals surface area (Å²) in [6.45, 7) is 2.19. The zero-order valence-corrected chi connectivity index (χ0v) is 18.8. The minimum absolute atomic E-state index is 0.328. The van der Waals surface area contributed by atoms with Crippen LogP contribution in [0.1, 0.15) is 18.3 Å². The Kier molecular flexibility index (Phi) is 7.20. The van der Waals surface area contributed by atoms with Crippen molar-refractivity contribution < 1.29 is 13.8 Å². The number of hydrogen-bond acceptors (Lipinski definition) is 5. The van der Waals surface area contributed by atoms with Crippen LogP contribution >= 0.6 is 7.37 Å². The largest absolute Gasteiger partial charge is 0.496 e. The van der Waals surface area contributed by atoms with Crippen LogP contribution in [0.3, 0.4) is 0 Å². The Hall–Kier alpha value is -2.75. The molecule has 6 heteroatoms.